The number of para-hydroxylation sites is 1. The number of hydrogen-bond donors (Lipinski definition) is 0. The number of carbonyl (C=O) groups excluding carboxylic acids is 1. The second kappa shape index (κ2) is 5.82. The van der Waals surface area contributed by atoms with E-state index in [-0.39, 0.29) is 31.5 Å². The Balaban J connectivity index is 1.47. The number of nitrogens with zero attached hydrogens (tertiary/aromatic N) is 3. The third kappa shape index (κ3) is 3.10. The predicted molar refractivity (Wildman–Crippen MR) is 86.7 cm³/mol. The molecule has 1 aromatic carbocycles. The molecule has 1 fully saturated rings. The monoisotopic (exact) mass is 347 g/mol. The summed E-state index contributed by atoms with van der Waals surface area (Å²) in [6.45, 7) is 2.70. The minimum absolute atomic E-state index is 0.0504. The third-order valence-corrected chi connectivity index (χ3v) is 4.72. The van der Waals surface area contributed by atoms with Crippen molar-refractivity contribution < 1.29 is 18.3 Å². The summed E-state index contributed by atoms with van der Waals surface area (Å²) in [7, 11) is 0. The van der Waals surface area contributed by atoms with Crippen LogP contribution in [0.1, 0.15) is 35.6 Å². The van der Waals surface area contributed by atoms with Gasteiger partial charge in [-0.25, -0.2) is 8.78 Å². The Hall–Kier alpha value is -2.44. The minimum Gasteiger partial charge on any atom is -0.487 e. The number of aromatic nitrogens is 2. The molecule has 0 radical (unpaired) electrons. The molecule has 5 nitrogen and oxygen atoms in total. The van der Waals surface area contributed by atoms with Gasteiger partial charge in [-0.3, -0.25) is 9.48 Å². The first-order chi connectivity index (χ1) is 11.9. The van der Waals surface area contributed by atoms with E-state index in [0.717, 1.165) is 5.75 Å². The zero-order valence-corrected chi connectivity index (χ0v) is 13.9. The summed E-state index contributed by atoms with van der Waals surface area (Å²) >= 11 is 0. The maximum Gasteiger partial charge on any atom is 0.272 e. The summed E-state index contributed by atoms with van der Waals surface area (Å²) < 4.78 is 33.7. The number of halogens is 2. The van der Waals surface area contributed by atoms with Crippen molar-refractivity contribution in [3.63, 3.8) is 0 Å². The fourth-order valence-electron chi connectivity index (χ4n) is 3.22. The molecule has 25 heavy (non-hydrogen) atoms. The van der Waals surface area contributed by atoms with Crippen LogP contribution in [0.2, 0.25) is 0 Å². The highest BCUT2D eigenvalue weighted by Gasteiger charge is 2.57. The van der Waals surface area contributed by atoms with Crippen molar-refractivity contribution in [1.82, 2.24) is 14.7 Å². The van der Waals surface area contributed by atoms with Crippen molar-refractivity contribution in [1.29, 1.82) is 0 Å². The van der Waals surface area contributed by atoms with Crippen LogP contribution in [-0.4, -0.2) is 39.6 Å². The molecule has 2 aromatic rings. The van der Waals surface area contributed by atoms with Crippen LogP contribution in [0.5, 0.6) is 5.75 Å². The highest BCUT2D eigenvalue weighted by atomic mass is 19.3. The largest absolute Gasteiger partial charge is 0.487 e. The number of rotatable bonds is 5. The van der Waals surface area contributed by atoms with Crippen LogP contribution in [-0.2, 0) is 6.61 Å². The molecule has 0 bridgehead atoms. The van der Waals surface area contributed by atoms with Gasteiger partial charge in [-0.05, 0) is 25.1 Å². The Morgan fingerprint density at radius 3 is 2.72 bits per heavy atom. The molecule has 132 valence electrons. The maximum atomic E-state index is 13.2. The topological polar surface area (TPSA) is 47.4 Å². The molecule has 2 atom stereocenters. The fourth-order valence-corrected chi connectivity index (χ4v) is 3.22. The van der Waals surface area contributed by atoms with Crippen molar-refractivity contribution in [3.8, 4) is 5.75 Å². The summed E-state index contributed by atoms with van der Waals surface area (Å²) in [5.74, 6) is -2.83. The smallest absolute Gasteiger partial charge is 0.272 e. The summed E-state index contributed by atoms with van der Waals surface area (Å²) in [6, 6.07) is 11.0. The summed E-state index contributed by atoms with van der Waals surface area (Å²) in [4.78, 5) is 14.1. The SMILES string of the molecule is CC1CN(CC2CC2(F)F)C(=O)c2cc(COc3ccccc3)nn21. The lowest BCUT2D eigenvalue weighted by atomic mass is 10.2. The molecule has 0 N–H and O–H groups in total. The van der Waals surface area contributed by atoms with Gasteiger partial charge in [0.1, 0.15) is 23.7 Å². The first-order valence-corrected chi connectivity index (χ1v) is 8.37. The number of alkyl halides is 2. The minimum atomic E-state index is -2.62. The summed E-state index contributed by atoms with van der Waals surface area (Å²) in [5, 5.41) is 4.45. The predicted octanol–water partition coefficient (Wildman–Crippen LogP) is 3.13. The van der Waals surface area contributed by atoms with E-state index in [2.05, 4.69) is 5.10 Å². The van der Waals surface area contributed by atoms with Crippen molar-refractivity contribution in [2.75, 3.05) is 13.1 Å². The van der Waals surface area contributed by atoms with Crippen LogP contribution < -0.4 is 4.74 Å². The second-order valence-electron chi connectivity index (χ2n) is 6.79. The third-order valence-electron chi connectivity index (χ3n) is 4.72. The molecule has 7 heteroatoms. The number of fused-ring (bicyclic) bond motifs is 1. The van der Waals surface area contributed by atoms with Crippen LogP contribution >= 0.6 is 0 Å². The van der Waals surface area contributed by atoms with Gasteiger partial charge in [0, 0.05) is 25.4 Å². The molecule has 1 aliphatic heterocycles. The van der Waals surface area contributed by atoms with Crippen LogP contribution in [0.25, 0.3) is 0 Å². The van der Waals surface area contributed by atoms with Gasteiger partial charge < -0.3 is 9.64 Å². The molecular weight excluding hydrogens is 328 g/mol. The van der Waals surface area contributed by atoms with E-state index < -0.39 is 11.8 Å². The van der Waals surface area contributed by atoms with Crippen molar-refractivity contribution in [2.45, 2.75) is 31.9 Å². The van der Waals surface area contributed by atoms with E-state index in [0.29, 0.717) is 17.9 Å². The summed E-state index contributed by atoms with van der Waals surface area (Å²) in [5.41, 5.74) is 1.09. The molecule has 1 aromatic heterocycles. The van der Waals surface area contributed by atoms with Crippen molar-refractivity contribution >= 4 is 5.91 Å². The molecule has 0 saturated heterocycles. The number of amides is 1. The summed E-state index contributed by atoms with van der Waals surface area (Å²) in [6.07, 6.45) is -0.124. The molecule has 0 spiro atoms. The first-order valence-electron chi connectivity index (χ1n) is 8.37. The molecule has 1 amide bonds. The molecule has 1 aliphatic carbocycles. The van der Waals surface area contributed by atoms with E-state index in [9.17, 15) is 13.6 Å². The Morgan fingerprint density at radius 2 is 2.04 bits per heavy atom. The van der Waals surface area contributed by atoms with Crippen LogP contribution in [0.4, 0.5) is 8.78 Å². The van der Waals surface area contributed by atoms with E-state index >= 15 is 0 Å². The molecule has 2 aliphatic rings. The molecule has 2 unspecified atom stereocenters. The normalized spacial score (nSPS) is 24.1. The fraction of sp³-hybridized carbons (Fsp3) is 0.444. The Kier molecular flexibility index (Phi) is 3.74. The van der Waals surface area contributed by atoms with Gasteiger partial charge in [-0.15, -0.1) is 0 Å². The zero-order chi connectivity index (χ0) is 17.6. The lowest BCUT2D eigenvalue weighted by molar-refractivity contribution is 0.0570. The van der Waals surface area contributed by atoms with E-state index in [1.165, 1.54) is 4.90 Å². The van der Waals surface area contributed by atoms with Crippen LogP contribution in [0.15, 0.2) is 36.4 Å². The quantitative estimate of drug-likeness (QED) is 0.835. The molecule has 4 rings (SSSR count). The number of ether oxygens (including phenoxy) is 1. The Morgan fingerprint density at radius 1 is 1.32 bits per heavy atom. The van der Waals surface area contributed by atoms with Gasteiger partial charge in [-0.1, -0.05) is 18.2 Å². The number of benzene rings is 1. The molecule has 2 heterocycles. The van der Waals surface area contributed by atoms with Gasteiger partial charge in [-0.2, -0.15) is 5.10 Å². The lowest BCUT2D eigenvalue weighted by Crippen LogP contribution is -2.43. The number of hydrogen-bond acceptors (Lipinski definition) is 3. The first kappa shape index (κ1) is 16.1. The highest BCUT2D eigenvalue weighted by molar-refractivity contribution is 5.93. The standard InChI is InChI=1S/C18H19F2N3O2/c1-12-9-22(10-13-8-18(13,19)20)17(24)16-7-14(21-23(12)16)11-25-15-5-3-2-4-6-15/h2-7,12-13H,8-11H2,1H3. The Bertz CT molecular complexity index is 791. The van der Waals surface area contributed by atoms with Gasteiger partial charge in [0.05, 0.1) is 6.04 Å². The zero-order valence-electron chi connectivity index (χ0n) is 13.9. The van der Waals surface area contributed by atoms with E-state index in [1.807, 2.05) is 37.3 Å². The second-order valence-corrected chi connectivity index (χ2v) is 6.79. The Labute approximate surface area is 144 Å². The van der Waals surface area contributed by atoms with E-state index in [4.69, 9.17) is 4.74 Å². The molecule has 1 saturated carbocycles. The molecular formula is C18H19F2N3O2. The average molecular weight is 347 g/mol. The van der Waals surface area contributed by atoms with Gasteiger partial charge in [0.15, 0.2) is 0 Å². The van der Waals surface area contributed by atoms with Crippen molar-refractivity contribution in [2.24, 2.45) is 5.92 Å². The van der Waals surface area contributed by atoms with E-state index in [1.54, 1.807) is 10.7 Å². The van der Waals surface area contributed by atoms with Crippen molar-refractivity contribution in [3.05, 3.63) is 47.8 Å². The maximum absolute atomic E-state index is 13.2. The van der Waals surface area contributed by atoms with Gasteiger partial charge in [0.2, 0.25) is 0 Å². The van der Waals surface area contributed by atoms with Crippen LogP contribution in [0.3, 0.4) is 0 Å². The highest BCUT2D eigenvalue weighted by Crippen LogP contribution is 2.49. The van der Waals surface area contributed by atoms with Gasteiger partial charge >= 0.3 is 0 Å². The van der Waals surface area contributed by atoms with Crippen LogP contribution in [0, 0.1) is 5.92 Å². The average Bonchev–Trinajstić information content (AvgIpc) is 3.00. The van der Waals surface area contributed by atoms with Gasteiger partial charge in [0.25, 0.3) is 11.8 Å². The lowest BCUT2D eigenvalue weighted by Gasteiger charge is -2.31. The number of carbonyl (C=O) groups is 1.